The SMILES string of the molecule is Cn1cc(Br)cc1C(=O)NNC(=O)Cc1ccc(S(N)(=O)=O)cc1. The molecule has 1 aromatic heterocycles. The Morgan fingerprint density at radius 2 is 1.83 bits per heavy atom. The smallest absolute Gasteiger partial charge is 0.286 e. The average molecular weight is 415 g/mol. The lowest BCUT2D eigenvalue weighted by molar-refractivity contribution is -0.121. The van der Waals surface area contributed by atoms with Crippen molar-refractivity contribution in [3.8, 4) is 0 Å². The van der Waals surface area contributed by atoms with Crippen LogP contribution in [-0.2, 0) is 28.3 Å². The lowest BCUT2D eigenvalue weighted by atomic mass is 10.1. The van der Waals surface area contributed by atoms with Crippen LogP contribution in [0.3, 0.4) is 0 Å². The number of nitrogens with one attached hydrogen (secondary N) is 2. The first-order chi connectivity index (χ1) is 11.2. The number of hydrazine groups is 1. The summed E-state index contributed by atoms with van der Waals surface area (Å²) in [6.45, 7) is 0. The molecular weight excluding hydrogens is 400 g/mol. The predicted molar refractivity (Wildman–Crippen MR) is 90.2 cm³/mol. The Hall–Kier alpha value is -2.17. The van der Waals surface area contributed by atoms with Gasteiger partial charge in [-0.1, -0.05) is 12.1 Å². The van der Waals surface area contributed by atoms with Crippen LogP contribution in [0.1, 0.15) is 16.1 Å². The number of nitrogens with two attached hydrogens (primary N) is 1. The molecule has 0 aliphatic heterocycles. The van der Waals surface area contributed by atoms with Gasteiger partial charge in [-0.3, -0.25) is 20.4 Å². The molecule has 24 heavy (non-hydrogen) atoms. The van der Waals surface area contributed by atoms with Crippen molar-refractivity contribution in [2.45, 2.75) is 11.3 Å². The fourth-order valence-corrected chi connectivity index (χ4v) is 3.01. The molecule has 1 aromatic carbocycles. The quantitative estimate of drug-likeness (QED) is 0.627. The Labute approximate surface area is 147 Å². The third-order valence-electron chi connectivity index (χ3n) is 3.14. The van der Waals surface area contributed by atoms with Crippen LogP contribution < -0.4 is 16.0 Å². The minimum absolute atomic E-state index is 0.0258. The number of carbonyl (C=O) groups is 2. The Morgan fingerprint density at radius 1 is 1.21 bits per heavy atom. The predicted octanol–water partition coefficient (Wildman–Crippen LogP) is 0.439. The highest BCUT2D eigenvalue weighted by atomic mass is 79.9. The normalized spacial score (nSPS) is 11.1. The van der Waals surface area contributed by atoms with E-state index in [2.05, 4.69) is 26.8 Å². The van der Waals surface area contributed by atoms with Gasteiger partial charge in [-0.2, -0.15) is 0 Å². The first-order valence-corrected chi connectivity index (χ1v) is 9.03. The van der Waals surface area contributed by atoms with Crippen molar-refractivity contribution >= 4 is 37.8 Å². The molecule has 8 nitrogen and oxygen atoms in total. The van der Waals surface area contributed by atoms with Crippen molar-refractivity contribution in [1.82, 2.24) is 15.4 Å². The van der Waals surface area contributed by atoms with Crippen molar-refractivity contribution in [2.24, 2.45) is 12.2 Å². The average Bonchev–Trinajstić information content (AvgIpc) is 2.83. The zero-order valence-corrected chi connectivity index (χ0v) is 15.0. The molecule has 0 atom stereocenters. The number of hydrogen-bond acceptors (Lipinski definition) is 4. The third-order valence-corrected chi connectivity index (χ3v) is 4.50. The van der Waals surface area contributed by atoms with Crippen LogP contribution >= 0.6 is 15.9 Å². The Balaban J connectivity index is 1.91. The lowest BCUT2D eigenvalue weighted by Crippen LogP contribution is -2.42. The molecule has 0 saturated heterocycles. The number of aryl methyl sites for hydroxylation is 1. The van der Waals surface area contributed by atoms with Gasteiger partial charge < -0.3 is 4.57 Å². The summed E-state index contributed by atoms with van der Waals surface area (Å²) >= 11 is 3.26. The van der Waals surface area contributed by atoms with E-state index in [1.54, 1.807) is 23.9 Å². The number of aromatic nitrogens is 1. The van der Waals surface area contributed by atoms with E-state index in [0.717, 1.165) is 4.47 Å². The Morgan fingerprint density at radius 3 is 2.33 bits per heavy atom. The van der Waals surface area contributed by atoms with Crippen LogP contribution in [-0.4, -0.2) is 24.8 Å². The van der Waals surface area contributed by atoms with Crippen molar-refractivity contribution in [1.29, 1.82) is 0 Å². The number of primary sulfonamides is 1. The van der Waals surface area contributed by atoms with Crippen LogP contribution in [0.2, 0.25) is 0 Å². The number of benzene rings is 1. The van der Waals surface area contributed by atoms with Crippen molar-refractivity contribution in [2.75, 3.05) is 0 Å². The van der Waals surface area contributed by atoms with Crippen LogP contribution in [0.4, 0.5) is 0 Å². The van der Waals surface area contributed by atoms with Crippen molar-refractivity contribution in [3.63, 3.8) is 0 Å². The molecule has 1 heterocycles. The fourth-order valence-electron chi connectivity index (χ4n) is 1.97. The molecule has 0 spiro atoms. The van der Waals surface area contributed by atoms with Gasteiger partial charge in [-0.05, 0) is 39.7 Å². The van der Waals surface area contributed by atoms with Gasteiger partial charge in [-0.15, -0.1) is 0 Å². The van der Waals surface area contributed by atoms with Gasteiger partial charge in [0.25, 0.3) is 5.91 Å². The van der Waals surface area contributed by atoms with E-state index in [1.165, 1.54) is 24.3 Å². The van der Waals surface area contributed by atoms with Crippen LogP contribution in [0.15, 0.2) is 45.9 Å². The summed E-state index contributed by atoms with van der Waals surface area (Å²) in [6, 6.07) is 7.22. The largest absolute Gasteiger partial charge is 0.345 e. The fraction of sp³-hybridized carbons (Fsp3) is 0.143. The molecule has 0 bridgehead atoms. The van der Waals surface area contributed by atoms with E-state index in [1.807, 2.05) is 0 Å². The van der Waals surface area contributed by atoms with Gasteiger partial charge in [0.2, 0.25) is 15.9 Å². The van der Waals surface area contributed by atoms with Gasteiger partial charge in [-0.25, -0.2) is 13.6 Å². The third kappa shape index (κ3) is 4.66. The van der Waals surface area contributed by atoms with E-state index < -0.39 is 21.8 Å². The summed E-state index contributed by atoms with van der Waals surface area (Å²) < 4.78 is 24.7. The van der Waals surface area contributed by atoms with Gasteiger partial charge in [0, 0.05) is 17.7 Å². The summed E-state index contributed by atoms with van der Waals surface area (Å²) in [7, 11) is -2.06. The Kier molecular flexibility index (Phi) is 5.42. The molecule has 0 aliphatic rings. The summed E-state index contributed by atoms with van der Waals surface area (Å²) in [5.41, 5.74) is 5.57. The molecule has 2 aromatic rings. The molecule has 2 rings (SSSR count). The van der Waals surface area contributed by atoms with Crippen molar-refractivity contribution < 1.29 is 18.0 Å². The van der Waals surface area contributed by atoms with Crippen LogP contribution in [0, 0.1) is 0 Å². The van der Waals surface area contributed by atoms with E-state index in [-0.39, 0.29) is 11.3 Å². The monoisotopic (exact) mass is 414 g/mol. The number of rotatable bonds is 4. The highest BCUT2D eigenvalue weighted by molar-refractivity contribution is 9.10. The van der Waals surface area contributed by atoms with Gasteiger partial charge in [0.1, 0.15) is 5.69 Å². The number of hydrogen-bond donors (Lipinski definition) is 3. The molecule has 4 N–H and O–H groups in total. The highest BCUT2D eigenvalue weighted by Gasteiger charge is 2.13. The number of halogens is 1. The minimum Gasteiger partial charge on any atom is -0.345 e. The maximum absolute atomic E-state index is 11.9. The topological polar surface area (TPSA) is 123 Å². The number of sulfonamides is 1. The molecule has 10 heteroatoms. The Bertz CT molecular complexity index is 875. The lowest BCUT2D eigenvalue weighted by Gasteiger charge is -2.08. The highest BCUT2D eigenvalue weighted by Crippen LogP contribution is 2.13. The maximum Gasteiger partial charge on any atom is 0.286 e. The van der Waals surface area contributed by atoms with E-state index >= 15 is 0 Å². The van der Waals surface area contributed by atoms with E-state index in [0.29, 0.717) is 11.3 Å². The van der Waals surface area contributed by atoms with E-state index in [4.69, 9.17) is 5.14 Å². The second kappa shape index (κ2) is 7.16. The number of nitrogens with zero attached hydrogens (tertiary/aromatic N) is 1. The summed E-state index contributed by atoms with van der Waals surface area (Å²) in [5, 5.41) is 5.00. The molecule has 0 aliphatic carbocycles. The van der Waals surface area contributed by atoms with Crippen molar-refractivity contribution in [3.05, 3.63) is 52.3 Å². The van der Waals surface area contributed by atoms with Crippen LogP contribution in [0.25, 0.3) is 0 Å². The molecule has 0 fully saturated rings. The standard InChI is InChI=1S/C14H15BrN4O4S/c1-19-8-10(15)7-12(19)14(21)18-17-13(20)6-9-2-4-11(5-3-9)24(16,22)23/h2-5,7-8H,6H2,1H3,(H,17,20)(H,18,21)(H2,16,22,23). The first-order valence-electron chi connectivity index (χ1n) is 6.69. The van der Waals surface area contributed by atoms with E-state index in [9.17, 15) is 18.0 Å². The molecule has 128 valence electrons. The minimum atomic E-state index is -3.77. The first kappa shape index (κ1) is 18.2. The second-order valence-electron chi connectivity index (χ2n) is 5.02. The van der Waals surface area contributed by atoms with Gasteiger partial charge in [0.05, 0.1) is 11.3 Å². The molecular formula is C14H15BrN4O4S. The summed E-state index contributed by atoms with van der Waals surface area (Å²) in [4.78, 5) is 23.7. The molecule has 2 amide bonds. The zero-order valence-electron chi connectivity index (χ0n) is 12.6. The number of amides is 2. The number of carbonyl (C=O) groups excluding carboxylic acids is 2. The van der Waals surface area contributed by atoms with Crippen LogP contribution in [0.5, 0.6) is 0 Å². The molecule has 0 unspecified atom stereocenters. The molecule has 0 radical (unpaired) electrons. The maximum atomic E-state index is 11.9. The summed E-state index contributed by atoms with van der Waals surface area (Å²) in [6.07, 6.45) is 1.69. The zero-order chi connectivity index (χ0) is 17.9. The summed E-state index contributed by atoms with van der Waals surface area (Å²) in [5.74, 6) is -0.902. The second-order valence-corrected chi connectivity index (χ2v) is 7.50. The molecule has 0 saturated carbocycles. The van der Waals surface area contributed by atoms with Gasteiger partial charge in [0.15, 0.2) is 0 Å². The van der Waals surface area contributed by atoms with Gasteiger partial charge >= 0.3 is 0 Å².